The summed E-state index contributed by atoms with van der Waals surface area (Å²) in [7, 11) is 0. The Morgan fingerprint density at radius 2 is 2.00 bits per heavy atom. The number of nitrogens with one attached hydrogen (secondary N) is 1. The lowest BCUT2D eigenvalue weighted by atomic mass is 10.0. The van der Waals surface area contributed by atoms with Gasteiger partial charge in [0.25, 0.3) is 0 Å². The fourth-order valence-electron chi connectivity index (χ4n) is 2.06. The van der Waals surface area contributed by atoms with Crippen molar-refractivity contribution in [3.05, 3.63) is 58.5 Å². The normalized spacial score (nSPS) is 10.3. The van der Waals surface area contributed by atoms with E-state index < -0.39 is 0 Å². The average molecular weight is 265 g/mol. The quantitative estimate of drug-likeness (QED) is 0.784. The first-order chi connectivity index (χ1) is 9.38. The molecule has 1 N–H and O–H groups in total. The number of rotatable bonds is 3. The van der Waals surface area contributed by atoms with Crippen LogP contribution >= 0.6 is 11.3 Å². The van der Waals surface area contributed by atoms with Gasteiger partial charge in [-0.3, -0.25) is 0 Å². The molecule has 0 aliphatic carbocycles. The van der Waals surface area contributed by atoms with E-state index >= 15 is 0 Å². The number of fused-ring (bicyclic) bond motifs is 1. The van der Waals surface area contributed by atoms with Crippen molar-refractivity contribution in [3.63, 3.8) is 0 Å². The highest BCUT2D eigenvalue weighted by Gasteiger charge is 2.05. The Morgan fingerprint density at radius 3 is 2.74 bits per heavy atom. The molecule has 0 amide bonds. The maximum Gasteiger partial charge on any atom is 0.0998 e. The van der Waals surface area contributed by atoms with Gasteiger partial charge in [-0.25, -0.2) is 4.98 Å². The highest BCUT2D eigenvalue weighted by Crippen LogP contribution is 2.26. The van der Waals surface area contributed by atoms with Crippen molar-refractivity contribution in [2.45, 2.75) is 6.54 Å². The van der Waals surface area contributed by atoms with Crippen molar-refractivity contribution in [1.82, 2.24) is 4.98 Å². The van der Waals surface area contributed by atoms with Gasteiger partial charge in [-0.05, 0) is 12.1 Å². The Balaban J connectivity index is 1.98. The van der Waals surface area contributed by atoms with E-state index in [1.54, 1.807) is 11.3 Å². The van der Waals surface area contributed by atoms with E-state index in [9.17, 15) is 0 Å². The predicted molar refractivity (Wildman–Crippen MR) is 78.1 cm³/mol. The summed E-state index contributed by atoms with van der Waals surface area (Å²) < 4.78 is 0. The molecule has 0 fully saturated rings. The molecule has 2 aromatic carbocycles. The molecule has 3 rings (SSSR count). The van der Waals surface area contributed by atoms with Gasteiger partial charge in [-0.15, -0.1) is 11.3 Å². The first-order valence-electron chi connectivity index (χ1n) is 5.91. The van der Waals surface area contributed by atoms with Gasteiger partial charge in [0.2, 0.25) is 0 Å². The first-order valence-corrected chi connectivity index (χ1v) is 6.85. The minimum absolute atomic E-state index is 0.694. The number of nitrogens with zero attached hydrogens (tertiary/aromatic N) is 2. The number of hydrogen-bond acceptors (Lipinski definition) is 4. The molecule has 0 spiro atoms. The van der Waals surface area contributed by atoms with Gasteiger partial charge >= 0.3 is 0 Å². The van der Waals surface area contributed by atoms with Crippen LogP contribution in [0.3, 0.4) is 0 Å². The predicted octanol–water partition coefficient (Wildman–Crippen LogP) is 3.78. The van der Waals surface area contributed by atoms with Gasteiger partial charge in [-0.1, -0.05) is 24.3 Å². The molecule has 92 valence electrons. The fourth-order valence-corrected chi connectivity index (χ4v) is 2.62. The topological polar surface area (TPSA) is 48.7 Å². The van der Waals surface area contributed by atoms with Crippen LogP contribution in [0.1, 0.15) is 11.3 Å². The van der Waals surface area contributed by atoms with Crippen molar-refractivity contribution < 1.29 is 0 Å². The number of benzene rings is 2. The van der Waals surface area contributed by atoms with Crippen LogP contribution in [0.15, 0.2) is 47.3 Å². The lowest BCUT2D eigenvalue weighted by Gasteiger charge is -2.09. The van der Waals surface area contributed by atoms with Crippen LogP contribution in [0.2, 0.25) is 0 Å². The molecular weight excluding hydrogens is 254 g/mol. The number of thiazole rings is 1. The average Bonchev–Trinajstić information content (AvgIpc) is 2.98. The van der Waals surface area contributed by atoms with Crippen molar-refractivity contribution in [2.75, 3.05) is 5.32 Å². The van der Waals surface area contributed by atoms with Crippen LogP contribution in [-0.2, 0) is 6.54 Å². The second-order valence-corrected chi connectivity index (χ2v) is 4.87. The monoisotopic (exact) mass is 265 g/mol. The Bertz CT molecular complexity index is 742. The van der Waals surface area contributed by atoms with Gasteiger partial charge in [-0.2, -0.15) is 5.26 Å². The van der Waals surface area contributed by atoms with Gasteiger partial charge in [0.05, 0.1) is 29.4 Å². The minimum Gasteiger partial charge on any atom is -0.379 e. The summed E-state index contributed by atoms with van der Waals surface area (Å²) in [6.07, 6.45) is 0. The van der Waals surface area contributed by atoms with Gasteiger partial charge in [0.15, 0.2) is 0 Å². The third-order valence-electron chi connectivity index (χ3n) is 2.99. The van der Waals surface area contributed by atoms with Crippen LogP contribution in [0.5, 0.6) is 0 Å². The summed E-state index contributed by atoms with van der Waals surface area (Å²) in [5.74, 6) is 0. The Labute approximate surface area is 115 Å². The Hall–Kier alpha value is -2.38. The van der Waals surface area contributed by atoms with E-state index in [1.807, 2.05) is 47.3 Å². The smallest absolute Gasteiger partial charge is 0.0998 e. The minimum atomic E-state index is 0.694. The number of hydrogen-bond donors (Lipinski definition) is 1. The zero-order valence-electron chi connectivity index (χ0n) is 10.1. The van der Waals surface area contributed by atoms with Crippen molar-refractivity contribution in [3.8, 4) is 6.07 Å². The van der Waals surface area contributed by atoms with Crippen LogP contribution in [-0.4, -0.2) is 4.98 Å². The van der Waals surface area contributed by atoms with E-state index in [1.165, 1.54) is 0 Å². The van der Waals surface area contributed by atoms with E-state index in [-0.39, 0.29) is 0 Å². The van der Waals surface area contributed by atoms with Crippen LogP contribution in [0.4, 0.5) is 5.69 Å². The molecule has 19 heavy (non-hydrogen) atoms. The van der Waals surface area contributed by atoms with Crippen LogP contribution in [0.25, 0.3) is 10.8 Å². The standard InChI is InChI=1S/C15H11N3S/c16-7-11-5-6-15(14-4-2-1-3-13(11)14)17-8-12-9-19-10-18-12/h1-6,9-10,17H,8H2. The summed E-state index contributed by atoms with van der Waals surface area (Å²) in [6.45, 7) is 0.694. The summed E-state index contributed by atoms with van der Waals surface area (Å²) in [5.41, 5.74) is 4.59. The summed E-state index contributed by atoms with van der Waals surface area (Å²) in [6, 6.07) is 14.0. The molecule has 0 saturated carbocycles. The van der Waals surface area contributed by atoms with E-state index in [2.05, 4.69) is 16.4 Å². The molecule has 0 atom stereocenters. The molecule has 0 aliphatic heterocycles. The summed E-state index contributed by atoms with van der Waals surface area (Å²) in [5, 5.41) is 16.6. The van der Waals surface area contributed by atoms with Gasteiger partial charge < -0.3 is 5.32 Å². The first kappa shape index (κ1) is 11.7. The number of nitriles is 1. The lowest BCUT2D eigenvalue weighted by molar-refractivity contribution is 1.08. The third kappa shape index (κ3) is 2.28. The molecule has 4 heteroatoms. The highest BCUT2D eigenvalue weighted by atomic mass is 32.1. The molecular formula is C15H11N3S. The molecule has 3 nitrogen and oxygen atoms in total. The third-order valence-corrected chi connectivity index (χ3v) is 3.62. The molecule has 0 aliphatic rings. The number of aromatic nitrogens is 1. The van der Waals surface area contributed by atoms with Gasteiger partial charge in [0, 0.05) is 21.8 Å². The SMILES string of the molecule is N#Cc1ccc(NCc2cscn2)c2ccccc12. The van der Waals surface area contributed by atoms with Crippen LogP contribution < -0.4 is 5.32 Å². The maximum atomic E-state index is 9.13. The van der Waals surface area contributed by atoms with E-state index in [0.717, 1.165) is 22.2 Å². The zero-order valence-corrected chi connectivity index (χ0v) is 10.9. The summed E-state index contributed by atoms with van der Waals surface area (Å²) in [4.78, 5) is 4.25. The molecule has 0 saturated heterocycles. The fraction of sp³-hybridized carbons (Fsp3) is 0.0667. The van der Waals surface area contributed by atoms with E-state index in [0.29, 0.717) is 12.1 Å². The Morgan fingerprint density at radius 1 is 1.16 bits per heavy atom. The largest absolute Gasteiger partial charge is 0.379 e. The zero-order chi connectivity index (χ0) is 13.1. The Kier molecular flexibility index (Phi) is 3.13. The molecule has 0 radical (unpaired) electrons. The molecule has 3 aromatic rings. The van der Waals surface area contributed by atoms with Crippen molar-refractivity contribution >= 4 is 27.8 Å². The van der Waals surface area contributed by atoms with Gasteiger partial charge in [0.1, 0.15) is 0 Å². The lowest BCUT2D eigenvalue weighted by Crippen LogP contribution is -2.00. The van der Waals surface area contributed by atoms with E-state index in [4.69, 9.17) is 5.26 Å². The summed E-state index contributed by atoms with van der Waals surface area (Å²) >= 11 is 1.59. The molecule has 0 bridgehead atoms. The second-order valence-electron chi connectivity index (χ2n) is 4.15. The molecule has 0 unspecified atom stereocenters. The molecule has 1 aromatic heterocycles. The molecule has 1 heterocycles. The maximum absolute atomic E-state index is 9.13. The van der Waals surface area contributed by atoms with Crippen molar-refractivity contribution in [2.24, 2.45) is 0 Å². The second kappa shape index (κ2) is 5.09. The highest BCUT2D eigenvalue weighted by molar-refractivity contribution is 7.07. The number of anilines is 1. The van der Waals surface area contributed by atoms with Crippen LogP contribution in [0, 0.1) is 11.3 Å². The van der Waals surface area contributed by atoms with Crippen molar-refractivity contribution in [1.29, 1.82) is 5.26 Å².